The number of ketones is 1. The number of fused-ring (bicyclic) bond motifs is 4. The van der Waals surface area contributed by atoms with Crippen molar-refractivity contribution >= 4 is 28.1 Å². The van der Waals surface area contributed by atoms with E-state index < -0.39 is 11.0 Å². The van der Waals surface area contributed by atoms with Crippen molar-refractivity contribution in [3.8, 4) is 11.3 Å². The van der Waals surface area contributed by atoms with Gasteiger partial charge in [-0.25, -0.2) is 0 Å². The third-order valence-corrected chi connectivity index (χ3v) is 5.59. The lowest BCUT2D eigenvalue weighted by atomic mass is 9.69. The van der Waals surface area contributed by atoms with Crippen LogP contribution in [0.2, 0.25) is 0 Å². The molecule has 0 aliphatic carbocycles. The normalized spacial score (nSPS) is 17.9. The van der Waals surface area contributed by atoms with Crippen LogP contribution in [0.4, 0.5) is 5.69 Å². The van der Waals surface area contributed by atoms with Crippen LogP contribution in [0.1, 0.15) is 33.3 Å². The van der Waals surface area contributed by atoms with E-state index in [4.69, 9.17) is 4.42 Å². The van der Waals surface area contributed by atoms with Crippen LogP contribution in [0.15, 0.2) is 47.3 Å². The maximum Gasteiger partial charge on any atom is 0.167 e. The van der Waals surface area contributed by atoms with Gasteiger partial charge in [0.05, 0.1) is 28.6 Å². The lowest BCUT2D eigenvalue weighted by molar-refractivity contribution is -0.127. The van der Waals surface area contributed by atoms with Gasteiger partial charge in [0.1, 0.15) is 11.9 Å². The predicted molar refractivity (Wildman–Crippen MR) is 104 cm³/mol. The Bertz CT molecular complexity index is 1230. The summed E-state index contributed by atoms with van der Waals surface area (Å²) in [6, 6.07) is 9.89. The van der Waals surface area contributed by atoms with Crippen LogP contribution < -0.4 is 5.32 Å². The van der Waals surface area contributed by atoms with Crippen molar-refractivity contribution in [2.24, 2.45) is 0 Å². The minimum atomic E-state index is -0.642. The molecule has 3 aromatic heterocycles. The van der Waals surface area contributed by atoms with Gasteiger partial charge in [0.15, 0.2) is 11.4 Å². The molecule has 1 aliphatic rings. The molecule has 0 saturated carbocycles. The van der Waals surface area contributed by atoms with E-state index in [2.05, 4.69) is 21.6 Å². The van der Waals surface area contributed by atoms with Gasteiger partial charge in [-0.2, -0.15) is 0 Å². The number of hydrogen-bond acceptors (Lipinski definition) is 5. The van der Waals surface area contributed by atoms with Gasteiger partial charge in [-0.3, -0.25) is 9.20 Å². The molecule has 6 nitrogen and oxygen atoms in total. The number of furan rings is 1. The third kappa shape index (κ3) is 2.04. The van der Waals surface area contributed by atoms with Crippen LogP contribution in [0.3, 0.4) is 0 Å². The maximum absolute atomic E-state index is 13.1. The first-order valence-corrected chi connectivity index (χ1v) is 8.97. The van der Waals surface area contributed by atoms with E-state index in [1.54, 1.807) is 12.6 Å². The molecular weight excluding hydrogens is 340 g/mol. The molecule has 6 heteroatoms. The van der Waals surface area contributed by atoms with Gasteiger partial charge >= 0.3 is 0 Å². The first-order chi connectivity index (χ1) is 12.8. The van der Waals surface area contributed by atoms with E-state index in [1.807, 2.05) is 56.4 Å². The number of nitrogens with zero attached hydrogens (tertiary/aromatic N) is 3. The van der Waals surface area contributed by atoms with Gasteiger partial charge in [-0.15, -0.1) is 10.2 Å². The highest BCUT2D eigenvalue weighted by Gasteiger charge is 2.46. The molecule has 27 heavy (non-hydrogen) atoms. The Morgan fingerprint density at radius 1 is 1.15 bits per heavy atom. The van der Waals surface area contributed by atoms with Crippen LogP contribution in [0, 0.1) is 0 Å². The number of rotatable bonds is 1. The van der Waals surface area contributed by atoms with E-state index in [0.29, 0.717) is 0 Å². The molecular formula is C21H20N4O2. The summed E-state index contributed by atoms with van der Waals surface area (Å²) in [5.74, 6) is 0.166. The summed E-state index contributed by atoms with van der Waals surface area (Å²) in [7, 11) is 0. The van der Waals surface area contributed by atoms with Crippen molar-refractivity contribution in [1.82, 2.24) is 14.6 Å². The Labute approximate surface area is 156 Å². The molecule has 0 bridgehead atoms. The molecule has 4 heterocycles. The average molecular weight is 360 g/mol. The highest BCUT2D eigenvalue weighted by atomic mass is 16.3. The first kappa shape index (κ1) is 16.1. The number of benzene rings is 1. The second-order valence-electron chi connectivity index (χ2n) is 8.18. The van der Waals surface area contributed by atoms with Gasteiger partial charge < -0.3 is 9.73 Å². The van der Waals surface area contributed by atoms with Crippen molar-refractivity contribution < 1.29 is 9.21 Å². The highest BCUT2D eigenvalue weighted by molar-refractivity contribution is 6.10. The largest absolute Gasteiger partial charge is 0.464 e. The number of hydrogen-bond donors (Lipinski definition) is 1. The summed E-state index contributed by atoms with van der Waals surface area (Å²) in [6.07, 6.45) is 3.38. The Balaban J connectivity index is 1.89. The number of pyridine rings is 1. The van der Waals surface area contributed by atoms with E-state index in [0.717, 1.165) is 39.1 Å². The maximum atomic E-state index is 13.1. The second kappa shape index (κ2) is 4.97. The topological polar surface area (TPSA) is 72.4 Å². The van der Waals surface area contributed by atoms with Crippen LogP contribution in [-0.4, -0.2) is 25.9 Å². The molecule has 5 rings (SSSR count). The average Bonchev–Trinajstić information content (AvgIpc) is 3.29. The van der Waals surface area contributed by atoms with Gasteiger partial charge in [0.2, 0.25) is 0 Å². The fraction of sp³-hybridized carbons (Fsp3) is 0.286. The van der Waals surface area contributed by atoms with Gasteiger partial charge in [-0.05, 0) is 57.5 Å². The van der Waals surface area contributed by atoms with Crippen molar-refractivity contribution in [1.29, 1.82) is 0 Å². The summed E-state index contributed by atoms with van der Waals surface area (Å²) in [5.41, 5.74) is 4.06. The van der Waals surface area contributed by atoms with E-state index in [9.17, 15) is 4.79 Å². The predicted octanol–water partition coefficient (Wildman–Crippen LogP) is 4.19. The standard InChI is InChI=1S/C21H20N4O2/c1-20(2)14-10-13(15-6-5-7-16-24-22-11-25(15)16)18-12(8-9-27-18)17(14)23-21(3,4)19(20)26/h5-11,23H,1-4H3. The Morgan fingerprint density at radius 2 is 1.96 bits per heavy atom. The molecule has 0 radical (unpaired) electrons. The SMILES string of the molecule is CC1(C)Nc2c(cc(-c3cccc4nncn34)c3occc23)C(C)(C)C1=O. The molecule has 1 N–H and O–H groups in total. The lowest BCUT2D eigenvalue weighted by Crippen LogP contribution is -2.53. The molecule has 0 fully saturated rings. The molecule has 0 saturated heterocycles. The molecule has 1 aromatic carbocycles. The number of nitrogens with one attached hydrogen (secondary N) is 1. The van der Waals surface area contributed by atoms with Gasteiger partial charge in [0.25, 0.3) is 0 Å². The summed E-state index contributed by atoms with van der Waals surface area (Å²) in [4.78, 5) is 13.1. The smallest absolute Gasteiger partial charge is 0.167 e. The number of carbonyl (C=O) groups is 1. The molecule has 1 aliphatic heterocycles. The lowest BCUT2D eigenvalue weighted by Gasteiger charge is -2.42. The quantitative estimate of drug-likeness (QED) is 0.551. The van der Waals surface area contributed by atoms with Crippen molar-refractivity contribution in [2.45, 2.75) is 38.6 Å². The van der Waals surface area contributed by atoms with Gasteiger partial charge in [-0.1, -0.05) is 6.07 Å². The second-order valence-corrected chi connectivity index (χ2v) is 8.18. The van der Waals surface area contributed by atoms with Crippen molar-refractivity contribution in [3.05, 3.63) is 48.5 Å². The zero-order valence-electron chi connectivity index (χ0n) is 15.7. The van der Waals surface area contributed by atoms with Crippen LogP contribution >= 0.6 is 0 Å². The minimum absolute atomic E-state index is 0.166. The molecule has 0 spiro atoms. The molecule has 136 valence electrons. The van der Waals surface area contributed by atoms with E-state index >= 15 is 0 Å². The van der Waals surface area contributed by atoms with Gasteiger partial charge in [0, 0.05) is 10.9 Å². The zero-order valence-corrected chi connectivity index (χ0v) is 15.7. The highest BCUT2D eigenvalue weighted by Crippen LogP contribution is 2.47. The third-order valence-electron chi connectivity index (χ3n) is 5.59. The van der Waals surface area contributed by atoms with E-state index in [1.165, 1.54) is 0 Å². The number of carbonyl (C=O) groups excluding carboxylic acids is 1. The summed E-state index contributed by atoms with van der Waals surface area (Å²) >= 11 is 0. The number of aromatic nitrogens is 3. The number of anilines is 1. The summed E-state index contributed by atoms with van der Waals surface area (Å²) in [5, 5.41) is 12.6. The summed E-state index contributed by atoms with van der Waals surface area (Å²) in [6.45, 7) is 7.84. The monoisotopic (exact) mass is 360 g/mol. The first-order valence-electron chi connectivity index (χ1n) is 8.97. The van der Waals surface area contributed by atoms with Crippen molar-refractivity contribution in [2.75, 3.05) is 5.32 Å². The Morgan fingerprint density at radius 3 is 2.78 bits per heavy atom. The minimum Gasteiger partial charge on any atom is -0.464 e. The van der Waals surface area contributed by atoms with Crippen LogP contribution in [0.25, 0.3) is 27.9 Å². The molecule has 4 aromatic rings. The molecule has 0 amide bonds. The Hall–Kier alpha value is -3.15. The molecule has 0 unspecified atom stereocenters. The fourth-order valence-corrected chi connectivity index (χ4v) is 4.30. The van der Waals surface area contributed by atoms with Crippen molar-refractivity contribution in [3.63, 3.8) is 0 Å². The van der Waals surface area contributed by atoms with Crippen LogP contribution in [0.5, 0.6) is 0 Å². The zero-order chi connectivity index (χ0) is 19.0. The summed E-state index contributed by atoms with van der Waals surface area (Å²) < 4.78 is 7.81. The number of Topliss-reactive ketones (excluding diaryl/α,β-unsaturated/α-hetero) is 1. The van der Waals surface area contributed by atoms with Crippen LogP contribution in [-0.2, 0) is 10.2 Å². The van der Waals surface area contributed by atoms with E-state index in [-0.39, 0.29) is 5.78 Å². The Kier molecular flexibility index (Phi) is 2.96. The molecule has 0 atom stereocenters. The fourth-order valence-electron chi connectivity index (χ4n) is 4.30.